The number of para-hydroxylation sites is 1. The molecule has 3 aromatic rings. The molecule has 0 bridgehead atoms. The first-order valence-corrected chi connectivity index (χ1v) is 8.05. The summed E-state index contributed by atoms with van der Waals surface area (Å²) in [6, 6.07) is 13.8. The zero-order chi connectivity index (χ0) is 15.2. The Morgan fingerprint density at radius 2 is 2.00 bits per heavy atom. The summed E-state index contributed by atoms with van der Waals surface area (Å²) in [5, 5.41) is 9.88. The molecule has 0 saturated carbocycles. The molecule has 3 rings (SSSR count). The van der Waals surface area contributed by atoms with Crippen LogP contribution in [0.15, 0.2) is 60.2 Å². The van der Waals surface area contributed by atoms with Gasteiger partial charge in [-0.25, -0.2) is 4.98 Å². The molecule has 0 fully saturated rings. The molecule has 22 heavy (non-hydrogen) atoms. The lowest BCUT2D eigenvalue weighted by Gasteiger charge is -2.09. The molecule has 6 heteroatoms. The van der Waals surface area contributed by atoms with Gasteiger partial charge in [0.05, 0.1) is 12.2 Å². The maximum Gasteiger partial charge on any atom is 0.171 e. The van der Waals surface area contributed by atoms with Gasteiger partial charge in [0.25, 0.3) is 0 Å². The van der Waals surface area contributed by atoms with Crippen LogP contribution >= 0.6 is 23.6 Å². The van der Waals surface area contributed by atoms with Crippen molar-refractivity contribution in [1.29, 1.82) is 0 Å². The van der Waals surface area contributed by atoms with Gasteiger partial charge < -0.3 is 10.6 Å². The molecule has 0 radical (unpaired) electrons. The number of thiazole rings is 1. The predicted molar refractivity (Wildman–Crippen MR) is 94.8 cm³/mol. The van der Waals surface area contributed by atoms with E-state index in [1.165, 1.54) is 0 Å². The summed E-state index contributed by atoms with van der Waals surface area (Å²) in [5.41, 5.74) is 2.96. The summed E-state index contributed by atoms with van der Waals surface area (Å²) < 4.78 is 0. The Kier molecular flexibility index (Phi) is 4.72. The van der Waals surface area contributed by atoms with Crippen LogP contribution in [0.4, 0.5) is 5.69 Å². The Hall–Kier alpha value is -2.31. The van der Waals surface area contributed by atoms with Gasteiger partial charge in [0.2, 0.25) is 0 Å². The summed E-state index contributed by atoms with van der Waals surface area (Å²) in [6.07, 6.45) is 3.57. The van der Waals surface area contributed by atoms with Gasteiger partial charge in [-0.3, -0.25) is 4.98 Å². The minimum absolute atomic E-state index is 0.585. The second-order valence-electron chi connectivity index (χ2n) is 4.56. The van der Waals surface area contributed by atoms with Gasteiger partial charge in [-0.1, -0.05) is 18.2 Å². The lowest BCUT2D eigenvalue weighted by atomic mass is 10.3. The highest BCUT2D eigenvalue weighted by Crippen LogP contribution is 2.22. The first-order chi connectivity index (χ1) is 10.8. The van der Waals surface area contributed by atoms with Gasteiger partial charge in [-0.2, -0.15) is 0 Å². The van der Waals surface area contributed by atoms with Crippen molar-refractivity contribution in [2.45, 2.75) is 6.54 Å². The SMILES string of the molecule is S=C(NCc1csc(-c2cccnc2)n1)Nc1ccccc1. The maximum absolute atomic E-state index is 5.28. The number of nitrogens with one attached hydrogen (secondary N) is 2. The summed E-state index contributed by atoms with van der Waals surface area (Å²) >= 11 is 6.88. The minimum atomic E-state index is 0.585. The predicted octanol–water partition coefficient (Wildman–Crippen LogP) is 3.69. The number of pyridine rings is 1. The molecule has 2 heterocycles. The van der Waals surface area contributed by atoms with Crippen molar-refractivity contribution in [1.82, 2.24) is 15.3 Å². The third kappa shape index (κ3) is 3.87. The second kappa shape index (κ2) is 7.11. The molecule has 0 aliphatic heterocycles. The summed E-state index contributed by atoms with van der Waals surface area (Å²) in [4.78, 5) is 8.70. The molecule has 0 aliphatic rings. The third-order valence-electron chi connectivity index (χ3n) is 2.92. The van der Waals surface area contributed by atoms with E-state index in [1.54, 1.807) is 17.5 Å². The fraction of sp³-hybridized carbons (Fsp3) is 0.0625. The van der Waals surface area contributed by atoms with E-state index in [0.29, 0.717) is 11.7 Å². The third-order valence-corrected chi connectivity index (χ3v) is 4.11. The first-order valence-electron chi connectivity index (χ1n) is 6.76. The highest BCUT2D eigenvalue weighted by molar-refractivity contribution is 7.80. The molecule has 2 N–H and O–H groups in total. The first kappa shape index (κ1) is 14.6. The fourth-order valence-electron chi connectivity index (χ4n) is 1.88. The number of hydrogen-bond acceptors (Lipinski definition) is 4. The molecule has 4 nitrogen and oxygen atoms in total. The maximum atomic E-state index is 5.28. The lowest BCUT2D eigenvalue weighted by Crippen LogP contribution is -2.27. The van der Waals surface area contributed by atoms with Crippen molar-refractivity contribution in [3.63, 3.8) is 0 Å². The smallest absolute Gasteiger partial charge is 0.171 e. The van der Waals surface area contributed by atoms with Crippen LogP contribution in [0.1, 0.15) is 5.69 Å². The van der Waals surface area contributed by atoms with Crippen LogP contribution in [0.5, 0.6) is 0 Å². The van der Waals surface area contributed by atoms with Crippen molar-refractivity contribution < 1.29 is 0 Å². The highest BCUT2D eigenvalue weighted by atomic mass is 32.1. The lowest BCUT2D eigenvalue weighted by molar-refractivity contribution is 0.894. The van der Waals surface area contributed by atoms with E-state index in [2.05, 4.69) is 20.6 Å². The summed E-state index contributed by atoms with van der Waals surface area (Å²) in [5.74, 6) is 0. The van der Waals surface area contributed by atoms with Crippen molar-refractivity contribution >= 4 is 34.4 Å². The number of hydrogen-bond donors (Lipinski definition) is 2. The zero-order valence-electron chi connectivity index (χ0n) is 11.7. The summed E-state index contributed by atoms with van der Waals surface area (Å²) in [6.45, 7) is 0.593. The normalized spacial score (nSPS) is 10.2. The van der Waals surface area contributed by atoms with Gasteiger partial charge in [0.15, 0.2) is 5.11 Å². The molecule has 0 atom stereocenters. The molecule has 0 unspecified atom stereocenters. The largest absolute Gasteiger partial charge is 0.357 e. The highest BCUT2D eigenvalue weighted by Gasteiger charge is 2.05. The van der Waals surface area contributed by atoms with Crippen molar-refractivity contribution in [3.8, 4) is 10.6 Å². The van der Waals surface area contributed by atoms with Gasteiger partial charge in [0, 0.05) is 29.0 Å². The van der Waals surface area contributed by atoms with Crippen LogP contribution in [-0.2, 0) is 6.54 Å². The van der Waals surface area contributed by atoms with Crippen molar-refractivity contribution in [3.05, 3.63) is 65.9 Å². The molecule has 0 spiro atoms. The minimum Gasteiger partial charge on any atom is -0.357 e. The van der Waals surface area contributed by atoms with Crippen molar-refractivity contribution in [2.24, 2.45) is 0 Å². The number of aromatic nitrogens is 2. The molecule has 2 aromatic heterocycles. The van der Waals surface area contributed by atoms with E-state index in [0.717, 1.165) is 22.0 Å². The quantitative estimate of drug-likeness (QED) is 0.716. The van der Waals surface area contributed by atoms with E-state index in [1.807, 2.05) is 54.0 Å². The molecule has 0 aliphatic carbocycles. The van der Waals surface area contributed by atoms with E-state index >= 15 is 0 Å². The van der Waals surface area contributed by atoms with E-state index < -0.39 is 0 Å². The average Bonchev–Trinajstić information content (AvgIpc) is 3.04. The Morgan fingerprint density at radius 3 is 2.77 bits per heavy atom. The van der Waals surface area contributed by atoms with Crippen LogP contribution in [0, 0.1) is 0 Å². The van der Waals surface area contributed by atoms with Gasteiger partial charge in [-0.15, -0.1) is 11.3 Å². The number of thiocarbonyl (C=S) groups is 1. The van der Waals surface area contributed by atoms with E-state index in [4.69, 9.17) is 12.2 Å². The number of anilines is 1. The van der Waals surface area contributed by atoms with Crippen LogP contribution in [-0.4, -0.2) is 15.1 Å². The monoisotopic (exact) mass is 326 g/mol. The zero-order valence-corrected chi connectivity index (χ0v) is 13.3. The molecule has 0 saturated heterocycles. The summed E-state index contributed by atoms with van der Waals surface area (Å²) in [7, 11) is 0. The number of benzene rings is 1. The van der Waals surface area contributed by atoms with Gasteiger partial charge in [0.1, 0.15) is 5.01 Å². The topological polar surface area (TPSA) is 49.8 Å². The Labute approximate surface area is 138 Å². The van der Waals surface area contributed by atoms with E-state index in [9.17, 15) is 0 Å². The molecular weight excluding hydrogens is 312 g/mol. The molecule has 1 aromatic carbocycles. The molecular formula is C16H14N4S2. The van der Waals surface area contributed by atoms with Gasteiger partial charge >= 0.3 is 0 Å². The fourth-order valence-corrected chi connectivity index (χ4v) is 2.88. The molecule has 110 valence electrons. The Balaban J connectivity index is 1.56. The van der Waals surface area contributed by atoms with Crippen LogP contribution in [0.3, 0.4) is 0 Å². The van der Waals surface area contributed by atoms with Crippen LogP contribution in [0.2, 0.25) is 0 Å². The van der Waals surface area contributed by atoms with Crippen LogP contribution in [0.25, 0.3) is 10.6 Å². The number of rotatable bonds is 4. The van der Waals surface area contributed by atoms with E-state index in [-0.39, 0.29) is 0 Å². The Morgan fingerprint density at radius 1 is 1.14 bits per heavy atom. The van der Waals surface area contributed by atoms with Crippen LogP contribution < -0.4 is 10.6 Å². The number of nitrogens with zero attached hydrogens (tertiary/aromatic N) is 2. The average molecular weight is 326 g/mol. The second-order valence-corrected chi connectivity index (χ2v) is 5.83. The Bertz CT molecular complexity index is 741. The van der Waals surface area contributed by atoms with Gasteiger partial charge in [-0.05, 0) is 36.5 Å². The standard InChI is InChI=1S/C16H14N4S2/c21-16(20-13-6-2-1-3-7-13)18-10-14-11-22-15(19-14)12-5-4-8-17-9-12/h1-9,11H,10H2,(H2,18,20,21). The van der Waals surface area contributed by atoms with Crippen molar-refractivity contribution in [2.75, 3.05) is 5.32 Å². The molecule has 0 amide bonds.